The first-order valence-corrected chi connectivity index (χ1v) is 7.12. The molecule has 1 aromatic rings. The zero-order valence-electron chi connectivity index (χ0n) is 11.4. The fourth-order valence-electron chi connectivity index (χ4n) is 2.52. The summed E-state index contributed by atoms with van der Waals surface area (Å²) < 4.78 is 1.68. The Kier molecular flexibility index (Phi) is 4.90. The second-order valence-electron chi connectivity index (χ2n) is 4.95. The van der Waals surface area contributed by atoms with Gasteiger partial charge in [-0.3, -0.25) is 14.4 Å². The number of carbonyl (C=O) groups is 3. The van der Waals surface area contributed by atoms with Crippen LogP contribution in [0, 0.1) is 0 Å². The van der Waals surface area contributed by atoms with Gasteiger partial charge in [0, 0.05) is 19.2 Å². The van der Waals surface area contributed by atoms with E-state index >= 15 is 0 Å². The Morgan fingerprint density at radius 3 is 2.95 bits per heavy atom. The lowest BCUT2D eigenvalue weighted by Crippen LogP contribution is -2.52. The maximum atomic E-state index is 12.5. The van der Waals surface area contributed by atoms with Crippen LogP contribution in [0.25, 0.3) is 0 Å². The zero-order chi connectivity index (χ0) is 15.4. The number of nitrogens with zero attached hydrogens (tertiary/aromatic N) is 3. The fraction of sp³-hybridized carbons (Fsp3) is 0.500. The summed E-state index contributed by atoms with van der Waals surface area (Å²) in [6.45, 7) is 0.474. The van der Waals surface area contributed by atoms with Crippen LogP contribution in [0.15, 0.2) is 12.5 Å². The third-order valence-electron chi connectivity index (χ3n) is 3.50. The molecule has 8 nitrogen and oxygen atoms in total. The Morgan fingerprint density at radius 2 is 2.38 bits per heavy atom. The van der Waals surface area contributed by atoms with Crippen LogP contribution in [0.3, 0.4) is 0 Å². The van der Waals surface area contributed by atoms with E-state index in [0.717, 1.165) is 6.42 Å². The molecule has 9 heteroatoms. The van der Waals surface area contributed by atoms with E-state index in [-0.39, 0.29) is 12.3 Å². The average molecular weight is 311 g/mol. The van der Waals surface area contributed by atoms with E-state index in [9.17, 15) is 14.4 Å². The number of imidazole rings is 1. The second kappa shape index (κ2) is 6.67. The van der Waals surface area contributed by atoms with Gasteiger partial charge in [0.05, 0.1) is 12.0 Å². The van der Waals surface area contributed by atoms with Crippen LogP contribution in [0.5, 0.6) is 0 Å². The molecule has 0 radical (unpaired) electrons. The van der Waals surface area contributed by atoms with Crippen LogP contribution in [-0.2, 0) is 20.8 Å². The molecule has 21 heavy (non-hydrogen) atoms. The summed E-state index contributed by atoms with van der Waals surface area (Å²) in [5.41, 5.74) is 5.99. The highest BCUT2D eigenvalue weighted by Crippen LogP contribution is 2.18. The first-order valence-electron chi connectivity index (χ1n) is 6.60. The quantitative estimate of drug-likeness (QED) is 0.500. The molecule has 3 N–H and O–H groups in total. The zero-order valence-corrected chi connectivity index (χ0v) is 12.6. The minimum Gasteiger partial charge on any atom is -0.368 e. The van der Waals surface area contributed by atoms with Crippen LogP contribution in [0.2, 0.25) is 0 Å². The smallest absolute Gasteiger partial charge is 0.246 e. The Bertz CT molecular complexity index is 547. The van der Waals surface area contributed by atoms with Gasteiger partial charge in [-0.05, 0) is 22.2 Å². The number of likely N-dealkylation sites (tertiary alicyclic amines) is 1. The topological polar surface area (TPSA) is 110 Å². The van der Waals surface area contributed by atoms with Crippen molar-refractivity contribution < 1.29 is 14.4 Å². The highest BCUT2D eigenvalue weighted by atomic mass is 31.0. The largest absolute Gasteiger partial charge is 0.368 e. The molecule has 1 aliphatic rings. The van der Waals surface area contributed by atoms with Gasteiger partial charge in [-0.25, -0.2) is 4.98 Å². The van der Waals surface area contributed by atoms with E-state index < -0.39 is 18.0 Å². The van der Waals surface area contributed by atoms with Gasteiger partial charge in [0.2, 0.25) is 18.2 Å². The van der Waals surface area contributed by atoms with Crippen molar-refractivity contribution in [2.75, 3.05) is 6.54 Å². The molecule has 1 aliphatic heterocycles. The van der Waals surface area contributed by atoms with Crippen molar-refractivity contribution in [1.82, 2.24) is 19.5 Å². The summed E-state index contributed by atoms with van der Waals surface area (Å²) in [6, 6.07) is -1.34. The first-order chi connectivity index (χ1) is 10.0. The lowest BCUT2D eigenvalue weighted by Gasteiger charge is -2.26. The predicted octanol–water partition coefficient (Wildman–Crippen LogP) is -1.35. The van der Waals surface area contributed by atoms with E-state index in [0.29, 0.717) is 25.1 Å². The molecule has 2 unspecified atom stereocenters. The molecular weight excluding hydrogens is 293 g/mol. The molecule has 1 fully saturated rings. The van der Waals surface area contributed by atoms with Crippen molar-refractivity contribution in [3.63, 3.8) is 0 Å². The summed E-state index contributed by atoms with van der Waals surface area (Å²) in [6.07, 6.45) is 5.37. The van der Waals surface area contributed by atoms with E-state index in [1.165, 1.54) is 4.90 Å². The van der Waals surface area contributed by atoms with Crippen molar-refractivity contribution >= 4 is 27.6 Å². The summed E-state index contributed by atoms with van der Waals surface area (Å²) in [7, 11) is 2.44. The minimum atomic E-state index is -0.748. The summed E-state index contributed by atoms with van der Waals surface area (Å²) in [5.74, 6) is -0.818. The molecule has 0 spiro atoms. The maximum Gasteiger partial charge on any atom is 0.246 e. The van der Waals surface area contributed by atoms with Gasteiger partial charge in [0.25, 0.3) is 0 Å². The number of rotatable bonds is 6. The number of carbonyl (C=O) groups excluding carboxylic acids is 3. The highest BCUT2D eigenvalue weighted by Gasteiger charge is 2.36. The first kappa shape index (κ1) is 15.4. The van der Waals surface area contributed by atoms with Crippen LogP contribution < -0.4 is 11.1 Å². The average Bonchev–Trinajstić information content (AvgIpc) is 3.06. The SMILES string of the molecule is NC(=O)C1CCCN1C(=O)[C@H](Cc1cn(P)cn1)NC=O. The number of hydrogen-bond donors (Lipinski definition) is 2. The minimum absolute atomic E-state index is 0.265. The number of aromatic nitrogens is 2. The van der Waals surface area contributed by atoms with Gasteiger partial charge in [0.1, 0.15) is 12.1 Å². The lowest BCUT2D eigenvalue weighted by molar-refractivity contribution is -0.139. The van der Waals surface area contributed by atoms with Gasteiger partial charge in [-0.15, -0.1) is 0 Å². The summed E-state index contributed by atoms with van der Waals surface area (Å²) in [4.78, 5) is 40.2. The molecule has 0 saturated carbocycles. The normalized spacial score (nSPS) is 19.3. The molecule has 0 aliphatic carbocycles. The highest BCUT2D eigenvalue weighted by molar-refractivity contribution is 7.14. The number of primary amides is 1. The fourth-order valence-corrected chi connectivity index (χ4v) is 2.76. The van der Waals surface area contributed by atoms with Gasteiger partial charge in [-0.1, -0.05) is 0 Å². The van der Waals surface area contributed by atoms with Crippen LogP contribution in [-0.4, -0.2) is 51.1 Å². The van der Waals surface area contributed by atoms with Crippen molar-refractivity contribution in [3.8, 4) is 0 Å². The molecule has 0 aromatic carbocycles. The van der Waals surface area contributed by atoms with Gasteiger partial charge in [0.15, 0.2) is 0 Å². The molecule has 3 amide bonds. The number of nitrogens with two attached hydrogens (primary N) is 1. The third kappa shape index (κ3) is 3.58. The molecular formula is C12H18N5O3P. The number of nitrogens with one attached hydrogen (secondary N) is 1. The maximum absolute atomic E-state index is 12.5. The summed E-state index contributed by atoms with van der Waals surface area (Å²) >= 11 is 0. The van der Waals surface area contributed by atoms with Gasteiger partial charge in [-0.2, -0.15) is 0 Å². The molecule has 1 saturated heterocycles. The number of hydrogen-bond acceptors (Lipinski definition) is 4. The molecule has 2 rings (SSSR count). The van der Waals surface area contributed by atoms with Gasteiger partial charge < -0.3 is 20.3 Å². The van der Waals surface area contributed by atoms with Crippen LogP contribution >= 0.6 is 9.39 Å². The molecule has 3 atom stereocenters. The molecule has 1 aromatic heterocycles. The molecule has 0 bridgehead atoms. The van der Waals surface area contributed by atoms with E-state index in [4.69, 9.17) is 5.73 Å². The number of amides is 3. The van der Waals surface area contributed by atoms with Crippen LogP contribution in [0.4, 0.5) is 0 Å². The molecule has 2 heterocycles. The monoisotopic (exact) mass is 311 g/mol. The van der Waals surface area contributed by atoms with Crippen LogP contribution in [0.1, 0.15) is 18.5 Å². The Hall–Kier alpha value is -1.95. The second-order valence-corrected chi connectivity index (χ2v) is 5.54. The van der Waals surface area contributed by atoms with E-state index in [1.54, 1.807) is 16.9 Å². The van der Waals surface area contributed by atoms with E-state index in [1.807, 2.05) is 0 Å². The van der Waals surface area contributed by atoms with Crippen molar-refractivity contribution in [1.29, 1.82) is 0 Å². The Balaban J connectivity index is 2.11. The lowest BCUT2D eigenvalue weighted by atomic mass is 10.1. The Labute approximate surface area is 124 Å². The van der Waals surface area contributed by atoms with Crippen molar-refractivity contribution in [2.45, 2.75) is 31.3 Å². The Morgan fingerprint density at radius 1 is 1.62 bits per heavy atom. The van der Waals surface area contributed by atoms with Crippen molar-refractivity contribution in [2.24, 2.45) is 5.73 Å². The van der Waals surface area contributed by atoms with Gasteiger partial charge >= 0.3 is 0 Å². The van der Waals surface area contributed by atoms with E-state index in [2.05, 4.69) is 19.7 Å². The van der Waals surface area contributed by atoms with Crippen molar-refractivity contribution in [3.05, 3.63) is 18.2 Å². The third-order valence-corrected chi connectivity index (χ3v) is 3.78. The standard InChI is InChI=1S/C12H18N5O3P/c13-11(19)10-2-1-3-17(10)12(20)9(15-7-18)4-8-5-16(21)6-14-8/h5-7,9-10H,1-4,21H2,(H2,13,19)(H,15,18)/t9-,10?/m0/s1. The summed E-state index contributed by atoms with van der Waals surface area (Å²) in [5, 5.41) is 2.50. The predicted molar refractivity (Wildman–Crippen MR) is 78.0 cm³/mol. The molecule has 114 valence electrons.